The lowest BCUT2D eigenvalue weighted by Crippen LogP contribution is -2.04. The number of pyridine rings is 1. The second kappa shape index (κ2) is 4.59. The Morgan fingerprint density at radius 2 is 2.00 bits per heavy atom. The van der Waals surface area contributed by atoms with Crippen molar-refractivity contribution in [3.05, 3.63) is 30.6 Å². The molecule has 0 aliphatic rings. The summed E-state index contributed by atoms with van der Waals surface area (Å²) in [4.78, 5) is 3.90. The van der Waals surface area contributed by atoms with Gasteiger partial charge < -0.3 is 4.52 Å². The number of nitrogens with two attached hydrogens (primary N) is 1. The van der Waals surface area contributed by atoms with E-state index in [1.807, 2.05) is 12.1 Å². The Kier molecular flexibility index (Phi) is 3.44. The molecule has 0 spiro atoms. The van der Waals surface area contributed by atoms with E-state index in [9.17, 15) is 0 Å². The lowest BCUT2D eigenvalue weighted by molar-refractivity contribution is 0.435. The SMILES string of the molecule is Cl.NNc1cc(-c2ccncc2)no1. The lowest BCUT2D eigenvalue weighted by atomic mass is 10.2. The summed E-state index contributed by atoms with van der Waals surface area (Å²) >= 11 is 0. The molecule has 5 nitrogen and oxygen atoms in total. The van der Waals surface area contributed by atoms with Crippen LogP contribution in [0.15, 0.2) is 35.1 Å². The van der Waals surface area contributed by atoms with Crippen LogP contribution in [0.25, 0.3) is 11.3 Å². The summed E-state index contributed by atoms with van der Waals surface area (Å²) in [5, 5.41) is 3.81. The summed E-state index contributed by atoms with van der Waals surface area (Å²) in [5.41, 5.74) is 4.05. The van der Waals surface area contributed by atoms with Gasteiger partial charge >= 0.3 is 0 Å². The average molecular weight is 213 g/mol. The van der Waals surface area contributed by atoms with Gasteiger partial charge in [0.15, 0.2) is 0 Å². The van der Waals surface area contributed by atoms with E-state index in [1.165, 1.54) is 0 Å². The molecule has 2 aromatic rings. The van der Waals surface area contributed by atoms with Gasteiger partial charge in [0.1, 0.15) is 5.69 Å². The zero-order valence-electron chi connectivity index (χ0n) is 7.18. The Hall–Kier alpha value is -1.59. The molecule has 0 fully saturated rings. The zero-order chi connectivity index (χ0) is 9.10. The average Bonchev–Trinajstić information content (AvgIpc) is 2.67. The predicted molar refractivity (Wildman–Crippen MR) is 54.8 cm³/mol. The summed E-state index contributed by atoms with van der Waals surface area (Å²) in [6.07, 6.45) is 3.39. The van der Waals surface area contributed by atoms with Crippen molar-refractivity contribution in [2.45, 2.75) is 0 Å². The summed E-state index contributed by atoms with van der Waals surface area (Å²) in [6, 6.07) is 5.41. The first-order valence-corrected chi connectivity index (χ1v) is 3.74. The first-order valence-electron chi connectivity index (χ1n) is 3.74. The van der Waals surface area contributed by atoms with Gasteiger partial charge in [-0.15, -0.1) is 12.4 Å². The van der Waals surface area contributed by atoms with Gasteiger partial charge in [-0.3, -0.25) is 10.4 Å². The molecule has 74 valence electrons. The Morgan fingerprint density at radius 3 is 2.57 bits per heavy atom. The molecule has 0 atom stereocenters. The minimum Gasteiger partial charge on any atom is -0.337 e. The fourth-order valence-corrected chi connectivity index (χ4v) is 1.00. The van der Waals surface area contributed by atoms with Crippen LogP contribution in [0.5, 0.6) is 0 Å². The van der Waals surface area contributed by atoms with Crippen LogP contribution in [0.3, 0.4) is 0 Å². The third kappa shape index (κ3) is 2.01. The van der Waals surface area contributed by atoms with Crippen molar-refractivity contribution in [2.24, 2.45) is 5.84 Å². The van der Waals surface area contributed by atoms with Crippen molar-refractivity contribution in [3.8, 4) is 11.3 Å². The fraction of sp³-hybridized carbons (Fsp3) is 0. The third-order valence-electron chi connectivity index (χ3n) is 1.63. The molecular formula is C8H9ClN4O. The Labute approximate surface area is 86.7 Å². The molecule has 0 aliphatic carbocycles. The smallest absolute Gasteiger partial charge is 0.239 e. The number of anilines is 1. The standard InChI is InChI=1S/C8H8N4O.ClH/c9-11-8-5-7(12-13-8)6-1-3-10-4-2-6;/h1-5,11H,9H2;1H. The largest absolute Gasteiger partial charge is 0.337 e. The van der Waals surface area contributed by atoms with E-state index < -0.39 is 0 Å². The van der Waals surface area contributed by atoms with Crippen molar-refractivity contribution < 1.29 is 4.52 Å². The van der Waals surface area contributed by atoms with E-state index in [0.717, 1.165) is 11.3 Å². The molecule has 0 bridgehead atoms. The highest BCUT2D eigenvalue weighted by Gasteiger charge is 2.03. The number of hydrogen-bond acceptors (Lipinski definition) is 5. The van der Waals surface area contributed by atoms with Crippen LogP contribution >= 0.6 is 12.4 Å². The Bertz CT molecular complexity index is 389. The zero-order valence-corrected chi connectivity index (χ0v) is 7.99. The molecule has 0 saturated heterocycles. The lowest BCUT2D eigenvalue weighted by Gasteiger charge is -1.90. The summed E-state index contributed by atoms with van der Waals surface area (Å²) in [5.74, 6) is 5.58. The predicted octanol–water partition coefficient (Wildman–Crippen LogP) is 1.44. The molecule has 0 radical (unpaired) electrons. The molecule has 2 rings (SSSR count). The normalized spacial score (nSPS) is 9.21. The molecule has 2 aromatic heterocycles. The number of rotatable bonds is 2. The topological polar surface area (TPSA) is 77.0 Å². The number of halogens is 1. The molecule has 14 heavy (non-hydrogen) atoms. The van der Waals surface area contributed by atoms with Gasteiger partial charge in [0.25, 0.3) is 0 Å². The van der Waals surface area contributed by atoms with Gasteiger partial charge in [0.2, 0.25) is 5.88 Å². The quantitative estimate of drug-likeness (QED) is 0.582. The third-order valence-corrected chi connectivity index (χ3v) is 1.63. The molecule has 6 heteroatoms. The van der Waals surface area contributed by atoms with Crippen molar-refractivity contribution in [2.75, 3.05) is 5.43 Å². The summed E-state index contributed by atoms with van der Waals surface area (Å²) < 4.78 is 4.86. The molecular weight excluding hydrogens is 204 g/mol. The number of hydrazine groups is 1. The van der Waals surface area contributed by atoms with E-state index in [4.69, 9.17) is 10.4 Å². The minimum atomic E-state index is 0. The fourth-order valence-electron chi connectivity index (χ4n) is 1.00. The van der Waals surface area contributed by atoms with Crippen LogP contribution in [0.2, 0.25) is 0 Å². The molecule has 0 aliphatic heterocycles. The van der Waals surface area contributed by atoms with E-state index in [-0.39, 0.29) is 12.4 Å². The van der Waals surface area contributed by atoms with Gasteiger partial charge in [-0.2, -0.15) is 0 Å². The minimum absolute atomic E-state index is 0. The van der Waals surface area contributed by atoms with Gasteiger partial charge in [0.05, 0.1) is 0 Å². The van der Waals surface area contributed by atoms with Crippen LogP contribution in [0, 0.1) is 0 Å². The Balaban J connectivity index is 0.000000980. The number of hydrogen-bond donors (Lipinski definition) is 2. The van der Waals surface area contributed by atoms with Crippen molar-refractivity contribution >= 4 is 18.3 Å². The van der Waals surface area contributed by atoms with Gasteiger partial charge in [-0.25, -0.2) is 5.84 Å². The van der Waals surface area contributed by atoms with Crippen molar-refractivity contribution in [1.82, 2.24) is 10.1 Å². The number of nitrogen functional groups attached to an aromatic ring is 1. The highest BCUT2D eigenvalue weighted by Crippen LogP contribution is 2.19. The van der Waals surface area contributed by atoms with Crippen LogP contribution in [0.4, 0.5) is 5.88 Å². The number of aromatic nitrogens is 2. The molecule has 0 amide bonds. The second-order valence-corrected chi connectivity index (χ2v) is 2.46. The molecule has 0 unspecified atom stereocenters. The summed E-state index contributed by atoms with van der Waals surface area (Å²) in [7, 11) is 0. The van der Waals surface area contributed by atoms with Crippen molar-refractivity contribution in [1.29, 1.82) is 0 Å². The molecule has 0 aromatic carbocycles. The molecule has 2 heterocycles. The van der Waals surface area contributed by atoms with Crippen LogP contribution in [-0.4, -0.2) is 10.1 Å². The van der Waals surface area contributed by atoms with Gasteiger partial charge in [-0.1, -0.05) is 5.16 Å². The second-order valence-electron chi connectivity index (χ2n) is 2.46. The van der Waals surface area contributed by atoms with Crippen LogP contribution in [-0.2, 0) is 0 Å². The maximum absolute atomic E-state index is 5.15. The number of nitrogens with zero attached hydrogens (tertiary/aromatic N) is 2. The monoisotopic (exact) mass is 212 g/mol. The van der Waals surface area contributed by atoms with E-state index >= 15 is 0 Å². The number of nitrogens with one attached hydrogen (secondary N) is 1. The highest BCUT2D eigenvalue weighted by molar-refractivity contribution is 5.85. The van der Waals surface area contributed by atoms with Crippen LogP contribution in [0.1, 0.15) is 0 Å². The van der Waals surface area contributed by atoms with E-state index in [2.05, 4.69) is 15.6 Å². The van der Waals surface area contributed by atoms with Gasteiger partial charge in [-0.05, 0) is 12.1 Å². The maximum Gasteiger partial charge on any atom is 0.239 e. The summed E-state index contributed by atoms with van der Waals surface area (Å²) in [6.45, 7) is 0. The van der Waals surface area contributed by atoms with Crippen molar-refractivity contribution in [3.63, 3.8) is 0 Å². The Morgan fingerprint density at radius 1 is 1.29 bits per heavy atom. The maximum atomic E-state index is 5.15. The highest BCUT2D eigenvalue weighted by atomic mass is 35.5. The van der Waals surface area contributed by atoms with E-state index in [1.54, 1.807) is 18.5 Å². The molecule has 3 N–H and O–H groups in total. The first kappa shape index (κ1) is 10.5. The van der Waals surface area contributed by atoms with Crippen LogP contribution < -0.4 is 11.3 Å². The molecule has 0 saturated carbocycles. The van der Waals surface area contributed by atoms with Gasteiger partial charge in [0, 0.05) is 24.0 Å². The van der Waals surface area contributed by atoms with E-state index in [0.29, 0.717) is 5.88 Å². The first-order chi connectivity index (χ1) is 6.40.